The number of nitrogens with zero attached hydrogens (tertiary/aromatic N) is 1. The van der Waals surface area contributed by atoms with Crippen LogP contribution < -0.4 is 51.4 Å². The van der Waals surface area contributed by atoms with E-state index in [-0.39, 0.29) is 58.0 Å². The number of hydrogen-bond acceptors (Lipinski definition) is 3. The van der Waals surface area contributed by atoms with Crippen LogP contribution >= 0.6 is 0 Å². The Kier molecular flexibility index (Phi) is 8.66. The quantitative estimate of drug-likeness (QED) is 0.229. The standard InChI is InChI=1S/C11H11FNO3.K/c1-2-7-16-11(8-13(14)15)9-3-5-10(12)6-4-9;/h2-6,8,11H,1,7H2;/q-1;+1. The average molecular weight is 263 g/mol. The third kappa shape index (κ3) is 6.30. The fraction of sp³-hybridized carbons (Fsp3) is 0.182. The summed E-state index contributed by atoms with van der Waals surface area (Å²) < 4.78 is 17.9. The minimum atomic E-state index is -0.798. The average Bonchev–Trinajstić information content (AvgIpc) is 2.25. The van der Waals surface area contributed by atoms with Gasteiger partial charge in [-0.2, -0.15) is 4.90 Å². The number of rotatable bonds is 5. The summed E-state index contributed by atoms with van der Waals surface area (Å²) in [7, 11) is 0. The van der Waals surface area contributed by atoms with Crippen LogP contribution in [-0.2, 0) is 4.74 Å². The molecule has 0 bridgehead atoms. The smallest absolute Gasteiger partial charge is 0.612 e. The van der Waals surface area contributed by atoms with Gasteiger partial charge in [-0.1, -0.05) is 18.2 Å². The molecule has 1 aromatic carbocycles. The van der Waals surface area contributed by atoms with Crippen molar-refractivity contribution in [2.75, 3.05) is 6.61 Å². The second-order valence-electron chi connectivity index (χ2n) is 3.03. The predicted molar refractivity (Wildman–Crippen MR) is 58.3 cm³/mol. The topological polar surface area (TPSA) is 58.4 Å². The molecule has 4 nitrogen and oxygen atoms in total. The zero-order valence-corrected chi connectivity index (χ0v) is 12.6. The van der Waals surface area contributed by atoms with E-state index in [1.165, 1.54) is 30.3 Å². The van der Waals surface area contributed by atoms with Gasteiger partial charge in [0.2, 0.25) is 0 Å². The van der Waals surface area contributed by atoms with Crippen molar-refractivity contribution in [3.8, 4) is 0 Å². The van der Waals surface area contributed by atoms with Gasteiger partial charge in [-0.05, 0) is 17.7 Å². The van der Waals surface area contributed by atoms with Crippen molar-refractivity contribution in [1.82, 2.24) is 0 Å². The molecule has 0 aliphatic heterocycles. The molecule has 0 aliphatic rings. The van der Waals surface area contributed by atoms with Crippen LogP contribution in [0, 0.1) is 16.2 Å². The molecule has 6 heteroatoms. The molecule has 1 atom stereocenters. The number of ether oxygens (including phenoxy) is 1. The molecule has 0 spiro atoms. The maximum Gasteiger partial charge on any atom is 1.00 e. The van der Waals surface area contributed by atoms with Crippen LogP contribution in [0.1, 0.15) is 11.7 Å². The third-order valence-electron chi connectivity index (χ3n) is 1.85. The molecule has 1 rings (SSSR count). The van der Waals surface area contributed by atoms with Crippen LogP contribution in [0.5, 0.6) is 0 Å². The Morgan fingerprint density at radius 1 is 1.35 bits per heavy atom. The first kappa shape index (κ1) is 16.8. The minimum Gasteiger partial charge on any atom is -0.612 e. The van der Waals surface area contributed by atoms with E-state index in [0.717, 1.165) is 6.21 Å². The summed E-state index contributed by atoms with van der Waals surface area (Å²) in [5, 5.41) is 20.8. The molecule has 0 saturated carbocycles. The van der Waals surface area contributed by atoms with Gasteiger partial charge in [0.25, 0.3) is 0 Å². The molecule has 17 heavy (non-hydrogen) atoms. The first-order valence-electron chi connectivity index (χ1n) is 4.60. The van der Waals surface area contributed by atoms with Crippen molar-refractivity contribution < 1.29 is 65.4 Å². The van der Waals surface area contributed by atoms with Gasteiger partial charge >= 0.3 is 51.4 Å². The van der Waals surface area contributed by atoms with Gasteiger partial charge in [-0.25, -0.2) is 4.39 Å². The van der Waals surface area contributed by atoms with Gasteiger partial charge in [0.05, 0.1) is 6.61 Å². The second-order valence-corrected chi connectivity index (χ2v) is 3.03. The van der Waals surface area contributed by atoms with E-state index < -0.39 is 16.8 Å². The van der Waals surface area contributed by atoms with Crippen molar-refractivity contribution >= 4 is 6.21 Å². The van der Waals surface area contributed by atoms with E-state index in [1.807, 2.05) is 0 Å². The number of benzene rings is 1. The van der Waals surface area contributed by atoms with Gasteiger partial charge in [0, 0.05) is 0 Å². The van der Waals surface area contributed by atoms with Crippen molar-refractivity contribution in [2.45, 2.75) is 6.10 Å². The van der Waals surface area contributed by atoms with Crippen molar-refractivity contribution in [3.05, 3.63) is 58.7 Å². The third-order valence-corrected chi connectivity index (χ3v) is 1.85. The molecule has 0 N–H and O–H groups in total. The molecule has 86 valence electrons. The van der Waals surface area contributed by atoms with Gasteiger partial charge in [0.15, 0.2) is 12.3 Å². The van der Waals surface area contributed by atoms with Gasteiger partial charge < -0.3 is 15.2 Å². The molecule has 1 aromatic rings. The van der Waals surface area contributed by atoms with E-state index in [1.54, 1.807) is 0 Å². The molecular weight excluding hydrogens is 252 g/mol. The zero-order valence-electron chi connectivity index (χ0n) is 9.51. The monoisotopic (exact) mass is 263 g/mol. The van der Waals surface area contributed by atoms with E-state index in [4.69, 9.17) is 4.74 Å². The number of halogens is 1. The Balaban J connectivity index is 0.00000256. The summed E-state index contributed by atoms with van der Waals surface area (Å²) in [4.78, 5) is -0.586. The molecule has 0 aliphatic carbocycles. The Hall–Kier alpha value is -0.244. The SMILES string of the molecule is C=CCOC(C=[N+]([O-])[O-])c1ccc(F)cc1.[K+]. The summed E-state index contributed by atoms with van der Waals surface area (Å²) in [6.45, 7) is 3.64. The maximum atomic E-state index is 12.7. The molecule has 0 fully saturated rings. The maximum absolute atomic E-state index is 12.7. The zero-order chi connectivity index (χ0) is 12.0. The molecule has 0 aromatic heterocycles. The van der Waals surface area contributed by atoms with Crippen molar-refractivity contribution in [2.24, 2.45) is 0 Å². The van der Waals surface area contributed by atoms with Crippen molar-refractivity contribution in [1.29, 1.82) is 0 Å². The Morgan fingerprint density at radius 2 is 1.94 bits per heavy atom. The first-order valence-corrected chi connectivity index (χ1v) is 4.60. The van der Waals surface area contributed by atoms with E-state index in [9.17, 15) is 14.8 Å². The van der Waals surface area contributed by atoms with Crippen LogP contribution in [-0.4, -0.2) is 17.7 Å². The van der Waals surface area contributed by atoms with Gasteiger partial charge in [-0.15, -0.1) is 6.58 Å². The molecule has 0 heterocycles. The number of hydrogen-bond donors (Lipinski definition) is 0. The van der Waals surface area contributed by atoms with Gasteiger partial charge in [0.1, 0.15) is 5.82 Å². The molecule has 0 saturated heterocycles. The van der Waals surface area contributed by atoms with E-state index in [0.29, 0.717) is 5.56 Å². The van der Waals surface area contributed by atoms with Crippen molar-refractivity contribution in [3.63, 3.8) is 0 Å². The van der Waals surface area contributed by atoms with E-state index >= 15 is 0 Å². The van der Waals surface area contributed by atoms with Crippen LogP contribution in [0.3, 0.4) is 0 Å². The summed E-state index contributed by atoms with van der Waals surface area (Å²) in [6.07, 6.45) is 1.51. The normalized spacial score (nSPS) is 11.1. The molecule has 0 radical (unpaired) electrons. The van der Waals surface area contributed by atoms with Gasteiger partial charge in [-0.3, -0.25) is 0 Å². The summed E-state index contributed by atoms with van der Waals surface area (Å²) >= 11 is 0. The Bertz CT molecular complexity index is 377. The summed E-state index contributed by atoms with van der Waals surface area (Å²) in [6, 6.07) is 5.35. The van der Waals surface area contributed by atoms with E-state index in [2.05, 4.69) is 6.58 Å². The predicted octanol–water partition coefficient (Wildman–Crippen LogP) is -0.848. The molecule has 0 amide bonds. The van der Waals surface area contributed by atoms with Crippen LogP contribution in [0.2, 0.25) is 0 Å². The summed E-state index contributed by atoms with van der Waals surface area (Å²) in [5.41, 5.74) is 0.528. The fourth-order valence-electron chi connectivity index (χ4n) is 1.16. The second kappa shape index (κ2) is 8.79. The van der Waals surface area contributed by atoms with Crippen LogP contribution in [0.4, 0.5) is 4.39 Å². The van der Waals surface area contributed by atoms with Crippen LogP contribution in [0.25, 0.3) is 0 Å². The minimum absolute atomic E-state index is 0. The Labute approximate surface area is 141 Å². The fourth-order valence-corrected chi connectivity index (χ4v) is 1.16. The molecule has 1 unspecified atom stereocenters. The molecular formula is C11H11FKNO3. The Morgan fingerprint density at radius 3 is 2.41 bits per heavy atom. The first-order chi connectivity index (χ1) is 7.63. The summed E-state index contributed by atoms with van der Waals surface area (Å²) in [5.74, 6) is -0.396. The largest absolute Gasteiger partial charge is 1.00 e. The van der Waals surface area contributed by atoms with Crippen LogP contribution in [0.15, 0.2) is 36.9 Å².